The van der Waals surface area contributed by atoms with E-state index in [1.54, 1.807) is 18.2 Å². The molecule has 156 valence electrons. The van der Waals surface area contributed by atoms with Gasteiger partial charge in [-0.15, -0.1) is 10.2 Å². The Bertz CT molecular complexity index is 1180. The number of carbonyl (C=O) groups is 1. The highest BCUT2D eigenvalue weighted by molar-refractivity contribution is 7.99. The second-order valence-electron chi connectivity index (χ2n) is 6.62. The number of hydrogen-bond acceptors (Lipinski definition) is 5. The molecule has 4 rings (SSSR count). The largest absolute Gasteiger partial charge is 0.455 e. The normalized spacial score (nSPS) is 10.6. The first-order valence-electron chi connectivity index (χ1n) is 9.50. The summed E-state index contributed by atoms with van der Waals surface area (Å²) < 4.78 is 7.76. The van der Waals surface area contributed by atoms with Crippen molar-refractivity contribution in [1.29, 1.82) is 0 Å². The molecule has 0 radical (unpaired) electrons. The first kappa shape index (κ1) is 21.0. The molecular formula is C23H19ClN4O2S. The van der Waals surface area contributed by atoms with E-state index in [0.29, 0.717) is 27.4 Å². The molecule has 3 aromatic carbocycles. The van der Waals surface area contributed by atoms with Crippen LogP contribution in [0.2, 0.25) is 5.02 Å². The van der Waals surface area contributed by atoms with Gasteiger partial charge >= 0.3 is 0 Å². The van der Waals surface area contributed by atoms with Gasteiger partial charge in [0.2, 0.25) is 5.91 Å². The quantitative estimate of drug-likeness (QED) is 0.368. The standard InChI is InChI=1S/C23H19ClN4O2S/c1-28-22(16-8-4-2-5-9-16)26-27-23(28)31-15-21(29)25-19-14-17(24)12-13-20(19)30-18-10-6-3-7-11-18/h2-14H,15H2,1H3,(H,25,29). The Morgan fingerprint density at radius 3 is 2.48 bits per heavy atom. The number of carbonyl (C=O) groups excluding carboxylic acids is 1. The van der Waals surface area contributed by atoms with Crippen molar-refractivity contribution in [3.05, 3.63) is 83.9 Å². The zero-order valence-electron chi connectivity index (χ0n) is 16.7. The molecule has 1 amide bonds. The van der Waals surface area contributed by atoms with Crippen LogP contribution < -0.4 is 10.1 Å². The van der Waals surface area contributed by atoms with Gasteiger partial charge in [0, 0.05) is 17.6 Å². The number of nitrogens with one attached hydrogen (secondary N) is 1. The average Bonchev–Trinajstić information content (AvgIpc) is 3.16. The molecule has 1 heterocycles. The van der Waals surface area contributed by atoms with Crippen molar-refractivity contribution in [3.8, 4) is 22.9 Å². The van der Waals surface area contributed by atoms with Crippen molar-refractivity contribution in [1.82, 2.24) is 14.8 Å². The predicted octanol–water partition coefficient (Wildman–Crippen LogP) is 5.66. The molecule has 0 unspecified atom stereocenters. The van der Waals surface area contributed by atoms with Crippen molar-refractivity contribution >= 4 is 35.0 Å². The molecule has 0 saturated carbocycles. The van der Waals surface area contributed by atoms with Crippen molar-refractivity contribution in [3.63, 3.8) is 0 Å². The van der Waals surface area contributed by atoms with Crippen LogP contribution in [0.1, 0.15) is 0 Å². The summed E-state index contributed by atoms with van der Waals surface area (Å²) in [5.41, 5.74) is 1.47. The first-order chi connectivity index (χ1) is 15.1. The summed E-state index contributed by atoms with van der Waals surface area (Å²) in [4.78, 5) is 12.6. The number of para-hydroxylation sites is 1. The van der Waals surface area contributed by atoms with Gasteiger partial charge in [-0.2, -0.15) is 0 Å². The monoisotopic (exact) mass is 450 g/mol. The number of thioether (sulfide) groups is 1. The lowest BCUT2D eigenvalue weighted by Crippen LogP contribution is -2.15. The van der Waals surface area contributed by atoms with E-state index in [9.17, 15) is 4.79 Å². The fraction of sp³-hybridized carbons (Fsp3) is 0.0870. The summed E-state index contributed by atoms with van der Waals surface area (Å²) in [7, 11) is 1.88. The van der Waals surface area contributed by atoms with Gasteiger partial charge in [0.25, 0.3) is 0 Å². The Morgan fingerprint density at radius 2 is 1.74 bits per heavy atom. The highest BCUT2D eigenvalue weighted by Gasteiger charge is 2.14. The fourth-order valence-corrected chi connectivity index (χ4v) is 3.78. The van der Waals surface area contributed by atoms with E-state index in [1.165, 1.54) is 11.8 Å². The zero-order chi connectivity index (χ0) is 21.6. The Balaban J connectivity index is 1.43. The molecule has 0 aliphatic rings. The highest BCUT2D eigenvalue weighted by Crippen LogP contribution is 2.32. The van der Waals surface area contributed by atoms with E-state index in [0.717, 1.165) is 11.4 Å². The average molecular weight is 451 g/mol. The molecule has 0 bridgehead atoms. The molecule has 1 aromatic heterocycles. The minimum absolute atomic E-state index is 0.165. The summed E-state index contributed by atoms with van der Waals surface area (Å²) in [6.45, 7) is 0. The topological polar surface area (TPSA) is 69.0 Å². The lowest BCUT2D eigenvalue weighted by molar-refractivity contribution is -0.113. The Kier molecular flexibility index (Phi) is 6.54. The van der Waals surface area contributed by atoms with Gasteiger partial charge in [-0.25, -0.2) is 0 Å². The molecule has 0 aliphatic carbocycles. The number of amides is 1. The van der Waals surface area contributed by atoms with Gasteiger partial charge in [0.15, 0.2) is 16.7 Å². The van der Waals surface area contributed by atoms with Crippen LogP contribution in [0.15, 0.2) is 84.0 Å². The zero-order valence-corrected chi connectivity index (χ0v) is 18.2. The maximum absolute atomic E-state index is 12.6. The summed E-state index contributed by atoms with van der Waals surface area (Å²) in [6.07, 6.45) is 0. The van der Waals surface area contributed by atoms with Gasteiger partial charge < -0.3 is 14.6 Å². The molecular weight excluding hydrogens is 432 g/mol. The Morgan fingerprint density at radius 1 is 1.03 bits per heavy atom. The molecule has 6 nitrogen and oxygen atoms in total. The van der Waals surface area contributed by atoms with Crippen molar-refractivity contribution in [2.45, 2.75) is 5.16 Å². The van der Waals surface area contributed by atoms with Crippen LogP contribution >= 0.6 is 23.4 Å². The van der Waals surface area contributed by atoms with E-state index in [4.69, 9.17) is 16.3 Å². The second kappa shape index (κ2) is 9.68. The van der Waals surface area contributed by atoms with E-state index in [-0.39, 0.29) is 11.7 Å². The molecule has 0 spiro atoms. The molecule has 0 fully saturated rings. The number of ether oxygens (including phenoxy) is 1. The maximum Gasteiger partial charge on any atom is 0.234 e. The Hall–Kier alpha value is -3.29. The SMILES string of the molecule is Cn1c(SCC(=O)Nc2cc(Cl)ccc2Oc2ccccc2)nnc1-c1ccccc1. The van der Waals surface area contributed by atoms with Gasteiger partial charge in [0.1, 0.15) is 5.75 Å². The molecule has 0 atom stereocenters. The Labute approximate surface area is 189 Å². The lowest BCUT2D eigenvalue weighted by Gasteiger charge is -2.12. The number of nitrogens with zero attached hydrogens (tertiary/aromatic N) is 3. The number of benzene rings is 3. The fourth-order valence-electron chi connectivity index (χ4n) is 2.90. The molecule has 4 aromatic rings. The predicted molar refractivity (Wildman–Crippen MR) is 124 cm³/mol. The van der Waals surface area contributed by atoms with Gasteiger partial charge in [-0.3, -0.25) is 4.79 Å². The number of anilines is 1. The first-order valence-corrected chi connectivity index (χ1v) is 10.9. The number of aromatic nitrogens is 3. The van der Waals surface area contributed by atoms with Crippen LogP contribution in [0.25, 0.3) is 11.4 Å². The smallest absolute Gasteiger partial charge is 0.234 e. The maximum atomic E-state index is 12.6. The molecule has 1 N–H and O–H groups in total. The van der Waals surface area contributed by atoms with Crippen molar-refractivity contribution in [2.75, 3.05) is 11.1 Å². The summed E-state index contributed by atoms with van der Waals surface area (Å²) in [6, 6.07) is 24.3. The van der Waals surface area contributed by atoms with Crippen molar-refractivity contribution < 1.29 is 9.53 Å². The van der Waals surface area contributed by atoms with Crippen molar-refractivity contribution in [2.24, 2.45) is 7.05 Å². The van der Waals surface area contributed by atoms with Crippen LogP contribution in [0, 0.1) is 0 Å². The van der Waals surface area contributed by atoms with Crippen LogP contribution in [-0.2, 0) is 11.8 Å². The van der Waals surface area contributed by atoms with E-state index >= 15 is 0 Å². The number of halogens is 1. The van der Waals surface area contributed by atoms with Crippen LogP contribution in [0.4, 0.5) is 5.69 Å². The third kappa shape index (κ3) is 5.25. The van der Waals surface area contributed by atoms with E-state index in [1.807, 2.05) is 72.3 Å². The third-order valence-corrected chi connectivity index (χ3v) is 5.64. The molecule has 0 aliphatic heterocycles. The van der Waals surface area contributed by atoms with E-state index < -0.39 is 0 Å². The van der Waals surface area contributed by atoms with Gasteiger partial charge in [-0.1, -0.05) is 71.9 Å². The minimum atomic E-state index is -0.200. The second-order valence-corrected chi connectivity index (χ2v) is 8.00. The van der Waals surface area contributed by atoms with Crippen LogP contribution in [0.3, 0.4) is 0 Å². The summed E-state index contributed by atoms with van der Waals surface area (Å²) >= 11 is 7.43. The lowest BCUT2D eigenvalue weighted by atomic mass is 10.2. The van der Waals surface area contributed by atoms with Crippen LogP contribution in [-0.4, -0.2) is 26.4 Å². The molecule has 8 heteroatoms. The van der Waals surface area contributed by atoms with Gasteiger partial charge in [0.05, 0.1) is 11.4 Å². The van der Waals surface area contributed by atoms with E-state index in [2.05, 4.69) is 15.5 Å². The highest BCUT2D eigenvalue weighted by atomic mass is 35.5. The molecule has 0 saturated heterocycles. The minimum Gasteiger partial charge on any atom is -0.455 e. The third-order valence-electron chi connectivity index (χ3n) is 4.39. The summed E-state index contributed by atoms with van der Waals surface area (Å²) in [5, 5.41) is 12.5. The van der Waals surface area contributed by atoms with Gasteiger partial charge in [-0.05, 0) is 30.3 Å². The number of hydrogen-bond donors (Lipinski definition) is 1. The number of rotatable bonds is 7. The van der Waals surface area contributed by atoms with Crippen LogP contribution in [0.5, 0.6) is 11.5 Å². The molecule has 31 heavy (non-hydrogen) atoms. The summed E-state index contributed by atoms with van der Waals surface area (Å²) in [5.74, 6) is 1.89.